The van der Waals surface area contributed by atoms with Crippen LogP contribution in [0.1, 0.15) is 48.8 Å². The lowest BCUT2D eigenvalue weighted by atomic mass is 10.0. The zero-order chi connectivity index (χ0) is 28.0. The Hall–Kier alpha value is -4.69. The molecule has 4 aromatic heterocycles. The van der Waals surface area contributed by atoms with Crippen molar-refractivity contribution in [2.24, 2.45) is 0 Å². The molecule has 0 radical (unpaired) electrons. The summed E-state index contributed by atoms with van der Waals surface area (Å²) < 4.78 is 38.7. The normalized spacial score (nSPS) is 14.9. The summed E-state index contributed by atoms with van der Waals surface area (Å²) in [7, 11) is 0. The highest BCUT2D eigenvalue weighted by molar-refractivity contribution is 6.36. The first kappa shape index (κ1) is 23.4. The highest BCUT2D eigenvalue weighted by atomic mass is 35.5. The molecule has 1 aromatic carbocycles. The second-order valence-corrected chi connectivity index (χ2v) is 9.49. The third-order valence-electron chi connectivity index (χ3n) is 6.34. The molecule has 0 spiro atoms. The molecule has 4 heterocycles. The highest BCUT2D eigenvalue weighted by Crippen LogP contribution is 2.38. The van der Waals surface area contributed by atoms with E-state index in [4.69, 9.17) is 11.6 Å². The largest absolute Gasteiger partial charge is 0.373 e. The maximum Gasteiger partial charge on any atom is 0.249 e. The topological polar surface area (TPSA) is 117 Å². The number of anilines is 3. The second-order valence-electron chi connectivity index (χ2n) is 9.09. The Labute approximate surface area is 227 Å². The van der Waals surface area contributed by atoms with Gasteiger partial charge in [-0.05, 0) is 38.0 Å². The van der Waals surface area contributed by atoms with Crippen molar-refractivity contribution in [3.8, 4) is 6.07 Å². The lowest BCUT2D eigenvalue weighted by Gasteiger charge is -2.21. The first-order valence-electron chi connectivity index (χ1n) is 12.5. The number of halogens is 3. The third-order valence-corrected chi connectivity index (χ3v) is 6.63. The SMILES string of the molecule is [2H][C@](Nc1cc(Cl)c2ncc(C#N)c(Nc3cnc(F)c(F)c3)c2c1)(c1cn(C2CC2)nn1)c1cccnc1C. The molecule has 1 atom stereocenters. The summed E-state index contributed by atoms with van der Waals surface area (Å²) in [5.74, 6) is -2.39. The number of hydrogen-bond donors (Lipinski definition) is 2. The van der Waals surface area contributed by atoms with Crippen molar-refractivity contribution in [3.05, 3.63) is 94.4 Å². The van der Waals surface area contributed by atoms with Gasteiger partial charge in [0.1, 0.15) is 11.8 Å². The Morgan fingerprint density at radius 2 is 2.03 bits per heavy atom. The number of benzene rings is 1. The van der Waals surface area contributed by atoms with E-state index in [-0.39, 0.29) is 28.0 Å². The van der Waals surface area contributed by atoms with Gasteiger partial charge in [-0.2, -0.15) is 9.65 Å². The summed E-state index contributed by atoms with van der Waals surface area (Å²) in [6.07, 6.45) is 7.86. The van der Waals surface area contributed by atoms with Crippen molar-refractivity contribution in [2.45, 2.75) is 31.8 Å². The van der Waals surface area contributed by atoms with E-state index in [1.54, 1.807) is 48.3 Å². The number of pyridine rings is 3. The number of rotatable bonds is 7. The van der Waals surface area contributed by atoms with Crippen LogP contribution in [0.25, 0.3) is 10.9 Å². The second kappa shape index (κ2) is 9.89. The molecule has 0 unspecified atom stereocenters. The summed E-state index contributed by atoms with van der Waals surface area (Å²) >= 11 is 6.64. The van der Waals surface area contributed by atoms with Crippen LogP contribution >= 0.6 is 11.6 Å². The van der Waals surface area contributed by atoms with Gasteiger partial charge in [0.25, 0.3) is 0 Å². The van der Waals surface area contributed by atoms with Gasteiger partial charge in [-0.3, -0.25) is 9.97 Å². The molecule has 0 bridgehead atoms. The average molecular weight is 545 g/mol. The standard InChI is InChI=1S/C27H20ClF2N9/c1-14-19(3-2-6-32-14)26(23-13-39(38-37-23)18-4-5-18)35-16-7-20-24(36-17-9-22(29)27(30)34-12-17)15(10-31)11-33-25(20)21(28)8-16/h2-3,6-9,11-13,18,26,35H,4-5H2,1H3,(H,33,36)/t26-/m1/s1/i26D. The Morgan fingerprint density at radius 1 is 1.18 bits per heavy atom. The zero-order valence-electron chi connectivity index (χ0n) is 21.5. The lowest BCUT2D eigenvalue weighted by Crippen LogP contribution is -2.15. The molecule has 39 heavy (non-hydrogen) atoms. The van der Waals surface area contributed by atoms with Crippen LogP contribution in [0.5, 0.6) is 0 Å². The van der Waals surface area contributed by atoms with Crippen LogP contribution in [-0.2, 0) is 0 Å². The number of aromatic nitrogens is 6. The fourth-order valence-electron chi connectivity index (χ4n) is 4.26. The number of nitrogens with one attached hydrogen (secondary N) is 2. The number of nitriles is 1. The van der Waals surface area contributed by atoms with Gasteiger partial charge in [0.2, 0.25) is 5.95 Å². The number of nitrogens with zero attached hydrogens (tertiary/aromatic N) is 7. The smallest absolute Gasteiger partial charge is 0.249 e. The molecule has 12 heteroatoms. The van der Waals surface area contributed by atoms with Crippen LogP contribution < -0.4 is 10.6 Å². The van der Waals surface area contributed by atoms with Crippen LogP contribution in [0.3, 0.4) is 0 Å². The van der Waals surface area contributed by atoms with Gasteiger partial charge in [-0.1, -0.05) is 22.9 Å². The van der Waals surface area contributed by atoms with Crippen molar-refractivity contribution in [2.75, 3.05) is 10.6 Å². The van der Waals surface area contributed by atoms with Crippen molar-refractivity contribution in [1.29, 1.82) is 5.26 Å². The van der Waals surface area contributed by atoms with Crippen LogP contribution in [-0.4, -0.2) is 29.9 Å². The molecule has 1 fully saturated rings. The minimum atomic E-state index is -1.61. The highest BCUT2D eigenvalue weighted by Gasteiger charge is 2.28. The van der Waals surface area contributed by atoms with Gasteiger partial charge >= 0.3 is 0 Å². The molecular formula is C27H20ClF2N9. The van der Waals surface area contributed by atoms with Crippen molar-refractivity contribution in [3.63, 3.8) is 0 Å². The molecule has 1 saturated carbocycles. The molecule has 0 amide bonds. The monoisotopic (exact) mass is 544 g/mol. The Kier molecular flexibility index (Phi) is 5.94. The molecule has 194 valence electrons. The number of hydrogen-bond acceptors (Lipinski definition) is 8. The van der Waals surface area contributed by atoms with Crippen molar-refractivity contribution < 1.29 is 10.2 Å². The van der Waals surface area contributed by atoms with E-state index in [9.17, 15) is 15.4 Å². The van der Waals surface area contributed by atoms with Gasteiger partial charge < -0.3 is 10.6 Å². The summed E-state index contributed by atoms with van der Waals surface area (Å²) in [6, 6.07) is 8.47. The lowest BCUT2D eigenvalue weighted by molar-refractivity contribution is 0.480. The molecule has 9 nitrogen and oxygen atoms in total. The molecule has 2 N–H and O–H groups in total. The van der Waals surface area contributed by atoms with Gasteiger partial charge in [-0.25, -0.2) is 14.1 Å². The molecule has 1 aliphatic carbocycles. The van der Waals surface area contributed by atoms with E-state index in [1.165, 1.54) is 6.20 Å². The summed E-state index contributed by atoms with van der Waals surface area (Å²) in [4.78, 5) is 12.1. The van der Waals surface area contributed by atoms with E-state index < -0.39 is 17.8 Å². The van der Waals surface area contributed by atoms with Gasteiger partial charge in [0.15, 0.2) is 5.82 Å². The van der Waals surface area contributed by atoms with Crippen LogP contribution in [0, 0.1) is 30.0 Å². The van der Waals surface area contributed by atoms with Gasteiger partial charge in [0, 0.05) is 40.8 Å². The maximum atomic E-state index is 13.9. The summed E-state index contributed by atoms with van der Waals surface area (Å²) in [5.41, 5.74) is 2.84. The quantitative estimate of drug-likeness (QED) is 0.239. The predicted molar refractivity (Wildman–Crippen MR) is 142 cm³/mol. The maximum absolute atomic E-state index is 13.9. The Morgan fingerprint density at radius 3 is 2.77 bits per heavy atom. The number of fused-ring (bicyclic) bond motifs is 1. The van der Waals surface area contributed by atoms with Gasteiger partial charge in [-0.15, -0.1) is 5.10 Å². The average Bonchev–Trinajstić information content (AvgIpc) is 3.66. The molecule has 0 saturated heterocycles. The predicted octanol–water partition coefficient (Wildman–Crippen LogP) is 6.01. The fraction of sp³-hybridized carbons (Fsp3) is 0.185. The Balaban J connectivity index is 1.49. The molecule has 6 rings (SSSR count). The fourth-order valence-corrected chi connectivity index (χ4v) is 4.52. The van der Waals surface area contributed by atoms with Crippen LogP contribution in [0.4, 0.5) is 25.8 Å². The van der Waals surface area contributed by atoms with E-state index in [0.717, 1.165) is 25.1 Å². The van der Waals surface area contributed by atoms with Crippen LogP contribution in [0.15, 0.2) is 55.1 Å². The molecular weight excluding hydrogens is 524 g/mol. The third kappa shape index (κ3) is 4.82. The van der Waals surface area contributed by atoms with Crippen molar-refractivity contribution >= 4 is 39.6 Å². The minimum Gasteiger partial charge on any atom is -0.373 e. The van der Waals surface area contributed by atoms with E-state index in [0.29, 0.717) is 33.5 Å². The summed E-state index contributed by atoms with van der Waals surface area (Å²) in [6.45, 7) is 1.81. The van der Waals surface area contributed by atoms with Gasteiger partial charge in [0.05, 0.1) is 53.3 Å². The molecule has 5 aromatic rings. The van der Waals surface area contributed by atoms with E-state index in [1.807, 2.05) is 0 Å². The van der Waals surface area contributed by atoms with E-state index in [2.05, 4.69) is 42.0 Å². The van der Waals surface area contributed by atoms with Crippen LogP contribution in [0.2, 0.25) is 5.02 Å². The van der Waals surface area contributed by atoms with Crippen molar-refractivity contribution in [1.82, 2.24) is 29.9 Å². The van der Waals surface area contributed by atoms with E-state index >= 15 is 0 Å². The number of aryl methyl sites for hydroxylation is 1. The Bertz CT molecular complexity index is 1820. The summed E-state index contributed by atoms with van der Waals surface area (Å²) in [5, 5.41) is 25.2. The first-order valence-corrected chi connectivity index (χ1v) is 12.4. The molecule has 1 aliphatic rings. The minimum absolute atomic E-state index is 0.120. The first-order chi connectivity index (χ1) is 19.3. The molecule has 0 aliphatic heterocycles. The zero-order valence-corrected chi connectivity index (χ0v) is 21.2.